The molecule has 2 aromatic rings. The summed E-state index contributed by atoms with van der Waals surface area (Å²) in [7, 11) is 1.53. The maximum atomic E-state index is 11.8. The van der Waals surface area contributed by atoms with Crippen molar-refractivity contribution in [1.82, 2.24) is 5.43 Å². The van der Waals surface area contributed by atoms with Gasteiger partial charge in [-0.25, -0.2) is 5.43 Å². The Labute approximate surface area is 159 Å². The molecule has 26 heavy (non-hydrogen) atoms. The average Bonchev–Trinajstić information content (AvgIpc) is 2.64. The number of hydrazone groups is 1. The highest BCUT2D eigenvalue weighted by Crippen LogP contribution is 2.35. The summed E-state index contributed by atoms with van der Waals surface area (Å²) < 4.78 is 16.4. The molecule has 0 aliphatic heterocycles. The van der Waals surface area contributed by atoms with Crippen molar-refractivity contribution in [2.24, 2.45) is 5.10 Å². The van der Waals surface area contributed by atoms with Crippen LogP contribution in [0.5, 0.6) is 23.0 Å². The fourth-order valence-corrected chi connectivity index (χ4v) is 2.49. The molecule has 7 nitrogen and oxygen atoms in total. The van der Waals surface area contributed by atoms with Gasteiger partial charge >= 0.3 is 0 Å². The van der Waals surface area contributed by atoms with Crippen molar-refractivity contribution in [2.75, 3.05) is 20.3 Å². The third kappa shape index (κ3) is 5.38. The van der Waals surface area contributed by atoms with E-state index in [2.05, 4.69) is 26.5 Å². The second kappa shape index (κ2) is 9.67. The zero-order chi connectivity index (χ0) is 18.9. The standard InChI is InChI=1S/C18H19BrN2O5/c1-3-25-16-9-12(8-13(19)18(16)23)10-20-21-17(22)11-26-15-7-5-4-6-14(15)24-2/h4-10,23H,3,11H2,1-2H3,(H,21,22)/b20-10+. The van der Waals surface area contributed by atoms with E-state index in [9.17, 15) is 9.90 Å². The van der Waals surface area contributed by atoms with E-state index in [0.717, 1.165) is 0 Å². The van der Waals surface area contributed by atoms with Crippen LogP contribution in [0, 0.1) is 0 Å². The van der Waals surface area contributed by atoms with Gasteiger partial charge in [-0.1, -0.05) is 12.1 Å². The number of amides is 1. The highest BCUT2D eigenvalue weighted by Gasteiger charge is 2.09. The van der Waals surface area contributed by atoms with Gasteiger partial charge in [-0.05, 0) is 52.7 Å². The Bertz CT molecular complexity index is 795. The van der Waals surface area contributed by atoms with Gasteiger partial charge in [-0.3, -0.25) is 4.79 Å². The van der Waals surface area contributed by atoms with Gasteiger partial charge in [0, 0.05) is 0 Å². The summed E-state index contributed by atoms with van der Waals surface area (Å²) in [5.41, 5.74) is 3.01. The fraction of sp³-hybridized carbons (Fsp3) is 0.222. The summed E-state index contributed by atoms with van der Waals surface area (Å²) >= 11 is 3.24. The number of nitrogens with zero attached hydrogens (tertiary/aromatic N) is 1. The maximum Gasteiger partial charge on any atom is 0.277 e. The molecule has 0 bridgehead atoms. The number of rotatable bonds is 8. The van der Waals surface area contributed by atoms with E-state index in [4.69, 9.17) is 14.2 Å². The second-order valence-electron chi connectivity index (χ2n) is 5.02. The molecule has 2 N–H and O–H groups in total. The number of hydrogen-bond acceptors (Lipinski definition) is 6. The molecule has 0 heterocycles. The molecule has 8 heteroatoms. The first kappa shape index (κ1) is 19.6. The molecular formula is C18H19BrN2O5. The Hall–Kier alpha value is -2.74. The molecule has 1 amide bonds. The largest absolute Gasteiger partial charge is 0.503 e. The van der Waals surface area contributed by atoms with Gasteiger partial charge in [-0.15, -0.1) is 0 Å². The summed E-state index contributed by atoms with van der Waals surface area (Å²) in [6.07, 6.45) is 1.44. The summed E-state index contributed by atoms with van der Waals surface area (Å²) in [4.78, 5) is 11.8. The number of carbonyl (C=O) groups excluding carboxylic acids is 1. The van der Waals surface area contributed by atoms with Crippen LogP contribution in [-0.4, -0.2) is 37.6 Å². The van der Waals surface area contributed by atoms with Crippen molar-refractivity contribution in [2.45, 2.75) is 6.92 Å². The van der Waals surface area contributed by atoms with Crippen LogP contribution in [0.4, 0.5) is 0 Å². The van der Waals surface area contributed by atoms with Crippen LogP contribution >= 0.6 is 15.9 Å². The monoisotopic (exact) mass is 422 g/mol. The molecule has 0 aliphatic carbocycles. The highest BCUT2D eigenvalue weighted by atomic mass is 79.9. The lowest BCUT2D eigenvalue weighted by Gasteiger charge is -2.09. The minimum Gasteiger partial charge on any atom is -0.503 e. The normalized spacial score (nSPS) is 10.6. The van der Waals surface area contributed by atoms with Crippen molar-refractivity contribution in [3.8, 4) is 23.0 Å². The average molecular weight is 423 g/mol. The summed E-state index contributed by atoms with van der Waals surface area (Å²) in [5, 5.41) is 13.7. The smallest absolute Gasteiger partial charge is 0.277 e. The first-order valence-corrected chi connectivity index (χ1v) is 8.57. The molecule has 0 radical (unpaired) electrons. The molecule has 138 valence electrons. The maximum absolute atomic E-state index is 11.8. The van der Waals surface area contributed by atoms with E-state index in [0.29, 0.717) is 33.9 Å². The Morgan fingerprint density at radius 2 is 1.96 bits per heavy atom. The van der Waals surface area contributed by atoms with Crippen molar-refractivity contribution in [3.63, 3.8) is 0 Å². The number of carbonyl (C=O) groups is 1. The number of phenolic OH excluding ortho intramolecular Hbond substituents is 1. The molecule has 0 unspecified atom stereocenters. The number of methoxy groups -OCH3 is 1. The van der Waals surface area contributed by atoms with Gasteiger partial charge in [0.05, 0.1) is 24.4 Å². The van der Waals surface area contributed by atoms with Crippen LogP contribution < -0.4 is 19.6 Å². The Morgan fingerprint density at radius 3 is 2.65 bits per heavy atom. The lowest BCUT2D eigenvalue weighted by atomic mass is 10.2. The SMILES string of the molecule is CCOc1cc(/C=N/NC(=O)COc2ccccc2OC)cc(Br)c1O. The van der Waals surface area contributed by atoms with E-state index >= 15 is 0 Å². The van der Waals surface area contributed by atoms with E-state index in [1.54, 1.807) is 30.3 Å². The Balaban J connectivity index is 1.92. The molecule has 0 saturated heterocycles. The molecule has 0 spiro atoms. The quantitative estimate of drug-likeness (QED) is 0.503. The van der Waals surface area contributed by atoms with Crippen molar-refractivity contribution < 1.29 is 24.1 Å². The van der Waals surface area contributed by atoms with E-state index in [1.165, 1.54) is 13.3 Å². The molecule has 0 fully saturated rings. The van der Waals surface area contributed by atoms with E-state index in [1.807, 2.05) is 13.0 Å². The van der Waals surface area contributed by atoms with E-state index < -0.39 is 5.91 Å². The number of nitrogens with one attached hydrogen (secondary N) is 1. The van der Waals surface area contributed by atoms with Crippen LogP contribution in [0.2, 0.25) is 0 Å². The van der Waals surface area contributed by atoms with Gasteiger partial charge in [0.25, 0.3) is 5.91 Å². The predicted molar refractivity (Wildman–Crippen MR) is 101 cm³/mol. The highest BCUT2D eigenvalue weighted by molar-refractivity contribution is 9.10. The lowest BCUT2D eigenvalue weighted by molar-refractivity contribution is -0.123. The second-order valence-corrected chi connectivity index (χ2v) is 5.87. The number of phenols is 1. The molecule has 2 rings (SSSR count). The molecule has 0 aliphatic rings. The Morgan fingerprint density at radius 1 is 1.23 bits per heavy atom. The zero-order valence-electron chi connectivity index (χ0n) is 14.4. The summed E-state index contributed by atoms with van der Waals surface area (Å²) in [6.45, 7) is 2.02. The lowest BCUT2D eigenvalue weighted by Crippen LogP contribution is -2.24. The first-order chi connectivity index (χ1) is 12.5. The van der Waals surface area contributed by atoms with Crippen LogP contribution in [0.3, 0.4) is 0 Å². The van der Waals surface area contributed by atoms with Crippen molar-refractivity contribution in [1.29, 1.82) is 0 Å². The molecule has 2 aromatic carbocycles. The third-order valence-electron chi connectivity index (χ3n) is 3.18. The minimum atomic E-state index is -0.421. The van der Waals surface area contributed by atoms with Gasteiger partial charge < -0.3 is 19.3 Å². The predicted octanol–water partition coefficient (Wildman–Crippen LogP) is 3.09. The number of hydrogen-bond donors (Lipinski definition) is 2. The topological polar surface area (TPSA) is 89.4 Å². The van der Waals surface area contributed by atoms with Crippen LogP contribution in [0.1, 0.15) is 12.5 Å². The van der Waals surface area contributed by atoms with Crippen molar-refractivity contribution in [3.05, 3.63) is 46.4 Å². The third-order valence-corrected chi connectivity index (χ3v) is 3.79. The number of aromatic hydroxyl groups is 1. The van der Waals surface area contributed by atoms with Gasteiger partial charge in [0.1, 0.15) is 0 Å². The van der Waals surface area contributed by atoms with Gasteiger partial charge in [-0.2, -0.15) is 5.10 Å². The number of ether oxygens (including phenoxy) is 3. The first-order valence-electron chi connectivity index (χ1n) is 7.78. The fourth-order valence-electron chi connectivity index (χ4n) is 2.03. The summed E-state index contributed by atoms with van der Waals surface area (Å²) in [5.74, 6) is 0.932. The van der Waals surface area contributed by atoms with Crippen LogP contribution in [-0.2, 0) is 4.79 Å². The van der Waals surface area contributed by atoms with Crippen LogP contribution in [0.25, 0.3) is 0 Å². The number of halogens is 1. The Kier molecular flexibility index (Phi) is 7.28. The van der Waals surface area contributed by atoms with Gasteiger partial charge in [0.15, 0.2) is 29.6 Å². The molecule has 0 saturated carbocycles. The number of para-hydroxylation sites is 2. The zero-order valence-corrected chi connectivity index (χ0v) is 15.9. The van der Waals surface area contributed by atoms with Gasteiger partial charge in [0.2, 0.25) is 0 Å². The van der Waals surface area contributed by atoms with Crippen LogP contribution in [0.15, 0.2) is 46.0 Å². The van der Waals surface area contributed by atoms with Crippen molar-refractivity contribution >= 4 is 28.1 Å². The molecule has 0 atom stereocenters. The molecular weight excluding hydrogens is 404 g/mol. The minimum absolute atomic E-state index is 0.0123. The van der Waals surface area contributed by atoms with E-state index in [-0.39, 0.29) is 12.4 Å². The molecule has 0 aromatic heterocycles. The summed E-state index contributed by atoms with van der Waals surface area (Å²) in [6, 6.07) is 10.3. The number of benzene rings is 2.